The molecular weight excluding hydrogens is 247 g/mol. The minimum absolute atomic E-state index is 0. The third kappa shape index (κ3) is 2.61. The average molecular weight is 252 g/mol. The van der Waals surface area contributed by atoms with Gasteiger partial charge in [-0.15, -0.1) is 0 Å². The number of halogens is 5. The fourth-order valence-corrected chi connectivity index (χ4v) is 0.818. The maximum Gasteiger partial charge on any atom is 0.316 e. The first-order valence-electron chi connectivity index (χ1n) is 3.56. The van der Waals surface area contributed by atoms with Crippen molar-refractivity contribution in [1.82, 2.24) is 0 Å². The molecule has 0 saturated heterocycles. The molecule has 0 amide bonds. The van der Waals surface area contributed by atoms with Crippen molar-refractivity contribution in [3.63, 3.8) is 0 Å². The Hall–Kier alpha value is -0.894. The van der Waals surface area contributed by atoms with Gasteiger partial charge in [0, 0.05) is 6.92 Å². The van der Waals surface area contributed by atoms with Gasteiger partial charge in [-0.05, 0) is 0 Å². The second-order valence-electron chi connectivity index (χ2n) is 2.49. The third-order valence-electron chi connectivity index (χ3n) is 1.42. The molecule has 8 heteroatoms. The molecule has 0 spiro atoms. The van der Waals surface area contributed by atoms with Crippen molar-refractivity contribution >= 4 is 29.0 Å². The Morgan fingerprint density at radius 1 is 0.875 bits per heavy atom. The summed E-state index contributed by atoms with van der Waals surface area (Å²) in [5.74, 6) is -13.8. The van der Waals surface area contributed by atoms with Gasteiger partial charge in [0.15, 0.2) is 0 Å². The first kappa shape index (κ1) is 15.1. The molecule has 0 saturated carbocycles. The molecule has 0 fully saturated rings. The second-order valence-corrected chi connectivity index (χ2v) is 2.49. The van der Waals surface area contributed by atoms with Crippen LogP contribution >= 0.6 is 0 Å². The number of esters is 1. The second kappa shape index (κ2) is 5.44. The average Bonchev–Trinajstić information content (AvgIpc) is 2.18. The minimum Gasteiger partial charge on any atom is -0.420 e. The molecule has 1 aromatic carbocycles. The van der Waals surface area contributed by atoms with Crippen molar-refractivity contribution < 1.29 is 31.5 Å². The summed E-state index contributed by atoms with van der Waals surface area (Å²) < 4.78 is 66.9. The lowest BCUT2D eigenvalue weighted by molar-refractivity contribution is -0.132. The Morgan fingerprint density at radius 3 is 1.50 bits per heavy atom. The fraction of sp³-hybridized carbons (Fsp3) is 0.125. The fourth-order valence-electron chi connectivity index (χ4n) is 0.818. The summed E-state index contributed by atoms with van der Waals surface area (Å²) >= 11 is 0. The molecule has 0 aliphatic heterocycles. The lowest BCUT2D eigenvalue weighted by Crippen LogP contribution is -2.10. The first-order valence-corrected chi connectivity index (χ1v) is 3.56. The van der Waals surface area contributed by atoms with Gasteiger partial charge in [-0.2, -0.15) is 8.78 Å². The number of ether oxygens (including phenoxy) is 1. The van der Waals surface area contributed by atoms with Crippen LogP contribution in [0.4, 0.5) is 22.0 Å². The Kier molecular flexibility index (Phi) is 5.14. The highest BCUT2D eigenvalue weighted by Crippen LogP contribution is 2.28. The van der Waals surface area contributed by atoms with E-state index in [1.54, 1.807) is 0 Å². The van der Waals surface area contributed by atoms with Crippen LogP contribution in [0.3, 0.4) is 0 Å². The predicted molar refractivity (Wildman–Crippen MR) is 46.1 cm³/mol. The van der Waals surface area contributed by atoms with Gasteiger partial charge in [0.25, 0.3) is 0 Å². The predicted octanol–water partition coefficient (Wildman–Crippen LogP) is 1.39. The summed E-state index contributed by atoms with van der Waals surface area (Å²) in [6, 6.07) is 0. The van der Waals surface area contributed by atoms with Crippen molar-refractivity contribution in [2.45, 2.75) is 6.92 Å². The molecule has 1 aromatic rings. The number of rotatable bonds is 1. The van der Waals surface area contributed by atoms with Gasteiger partial charge in [-0.25, -0.2) is 13.2 Å². The third-order valence-corrected chi connectivity index (χ3v) is 1.42. The molecule has 0 bridgehead atoms. The van der Waals surface area contributed by atoms with Crippen LogP contribution in [0.1, 0.15) is 6.92 Å². The van der Waals surface area contributed by atoms with Crippen molar-refractivity contribution in [1.29, 1.82) is 0 Å². The summed E-state index contributed by atoms with van der Waals surface area (Å²) in [5, 5.41) is 0. The topological polar surface area (TPSA) is 26.3 Å². The van der Waals surface area contributed by atoms with Crippen LogP contribution in [-0.4, -0.2) is 29.0 Å². The smallest absolute Gasteiger partial charge is 0.316 e. The van der Waals surface area contributed by atoms with Gasteiger partial charge < -0.3 is 4.74 Å². The van der Waals surface area contributed by atoms with Gasteiger partial charge in [0.1, 0.15) is 0 Å². The van der Waals surface area contributed by atoms with Crippen LogP contribution in [0.15, 0.2) is 0 Å². The number of carbonyl (C=O) groups excluding carboxylic acids is 1. The number of benzene rings is 1. The zero-order chi connectivity index (χ0) is 11.7. The Balaban J connectivity index is 0.00000225. The lowest BCUT2D eigenvalue weighted by Gasteiger charge is -2.06. The quantitative estimate of drug-likeness (QED) is 0.189. The molecule has 0 heterocycles. The van der Waals surface area contributed by atoms with Gasteiger partial charge in [-0.3, -0.25) is 4.79 Å². The van der Waals surface area contributed by atoms with Gasteiger partial charge in [0.05, 0.1) is 0 Å². The van der Waals surface area contributed by atoms with E-state index in [2.05, 4.69) is 4.74 Å². The Bertz CT molecular complexity index is 406. The lowest BCUT2D eigenvalue weighted by atomic mass is 10.2. The number of carbonyl (C=O) groups is 1. The largest absolute Gasteiger partial charge is 0.420 e. The molecule has 16 heavy (non-hydrogen) atoms. The van der Waals surface area contributed by atoms with E-state index in [4.69, 9.17) is 0 Å². The monoisotopic (exact) mass is 252 g/mol. The molecule has 2 nitrogen and oxygen atoms in total. The van der Waals surface area contributed by atoms with E-state index >= 15 is 0 Å². The van der Waals surface area contributed by atoms with E-state index in [1.165, 1.54) is 0 Å². The molecular formula is C8H5F5MgO2. The van der Waals surface area contributed by atoms with Crippen LogP contribution in [0.25, 0.3) is 0 Å². The van der Waals surface area contributed by atoms with Gasteiger partial charge in [0.2, 0.25) is 34.8 Å². The molecule has 0 atom stereocenters. The van der Waals surface area contributed by atoms with Crippen LogP contribution in [0.5, 0.6) is 5.75 Å². The zero-order valence-corrected chi connectivity index (χ0v) is 7.21. The van der Waals surface area contributed by atoms with E-state index in [1.807, 2.05) is 0 Å². The van der Waals surface area contributed by atoms with E-state index < -0.39 is 40.8 Å². The molecule has 0 N–H and O–H groups in total. The maximum absolute atomic E-state index is 12.8. The molecule has 0 aliphatic rings. The van der Waals surface area contributed by atoms with E-state index in [9.17, 15) is 26.7 Å². The standard InChI is InChI=1S/C8H3F5O2.Mg.2H/c1-2(14)15-8-6(12)4(10)3(9)5(11)7(8)13;;;/h1H3;;;. The van der Waals surface area contributed by atoms with Crippen molar-refractivity contribution in [2.75, 3.05) is 0 Å². The van der Waals surface area contributed by atoms with E-state index in [0.29, 0.717) is 0 Å². The van der Waals surface area contributed by atoms with Crippen LogP contribution in [0.2, 0.25) is 0 Å². The van der Waals surface area contributed by atoms with Crippen molar-refractivity contribution in [2.24, 2.45) is 0 Å². The maximum atomic E-state index is 12.8. The number of hydrogen-bond donors (Lipinski definition) is 0. The molecule has 0 unspecified atom stereocenters. The SMILES string of the molecule is CC(=O)Oc1c(F)c(F)c(F)c(F)c1F.[MgH2]. The van der Waals surface area contributed by atoms with Crippen LogP contribution in [0, 0.1) is 29.1 Å². The van der Waals surface area contributed by atoms with E-state index in [-0.39, 0.29) is 23.1 Å². The molecule has 0 aliphatic carbocycles. The van der Waals surface area contributed by atoms with Crippen LogP contribution < -0.4 is 4.74 Å². The van der Waals surface area contributed by atoms with Gasteiger partial charge >= 0.3 is 29.0 Å². The summed E-state index contributed by atoms with van der Waals surface area (Å²) in [5.41, 5.74) is 0. The summed E-state index contributed by atoms with van der Waals surface area (Å²) in [6.07, 6.45) is 0. The molecule has 0 radical (unpaired) electrons. The normalized spacial score (nSPS) is 9.62. The zero-order valence-electron chi connectivity index (χ0n) is 7.21. The highest BCUT2D eigenvalue weighted by molar-refractivity contribution is 5.75. The van der Waals surface area contributed by atoms with Crippen molar-refractivity contribution in [3.05, 3.63) is 29.1 Å². The van der Waals surface area contributed by atoms with Crippen molar-refractivity contribution in [3.8, 4) is 5.75 Å². The van der Waals surface area contributed by atoms with Crippen LogP contribution in [-0.2, 0) is 4.79 Å². The Morgan fingerprint density at radius 2 is 1.19 bits per heavy atom. The highest BCUT2D eigenvalue weighted by Gasteiger charge is 2.27. The summed E-state index contributed by atoms with van der Waals surface area (Å²) in [6.45, 7) is 0.762. The summed E-state index contributed by atoms with van der Waals surface area (Å²) in [7, 11) is 0. The summed E-state index contributed by atoms with van der Waals surface area (Å²) in [4.78, 5) is 10.3. The molecule has 86 valence electrons. The highest BCUT2D eigenvalue weighted by atomic mass is 24.3. The Labute approximate surface area is 103 Å². The van der Waals surface area contributed by atoms with Gasteiger partial charge in [-0.1, -0.05) is 0 Å². The van der Waals surface area contributed by atoms with E-state index in [0.717, 1.165) is 6.92 Å². The first-order chi connectivity index (χ1) is 6.86. The number of hydrogen-bond acceptors (Lipinski definition) is 2. The molecule has 0 aromatic heterocycles. The minimum atomic E-state index is -2.30. The molecule has 1 rings (SSSR count).